The van der Waals surface area contributed by atoms with Crippen molar-refractivity contribution in [2.75, 3.05) is 11.9 Å². The molecule has 2 aromatic rings. The minimum Gasteiger partial charge on any atom is -0.343 e. The summed E-state index contributed by atoms with van der Waals surface area (Å²) in [4.78, 5) is 23.8. The van der Waals surface area contributed by atoms with Gasteiger partial charge in [0.1, 0.15) is 0 Å². The third-order valence-corrected chi connectivity index (χ3v) is 4.49. The zero-order chi connectivity index (χ0) is 15.4. The van der Waals surface area contributed by atoms with Crippen molar-refractivity contribution in [2.24, 2.45) is 0 Å². The van der Waals surface area contributed by atoms with Crippen LogP contribution >= 0.6 is 27.3 Å². The number of halogens is 1. The van der Waals surface area contributed by atoms with Crippen LogP contribution in [0.1, 0.15) is 21.5 Å². The van der Waals surface area contributed by atoms with E-state index in [2.05, 4.69) is 26.6 Å². The highest BCUT2D eigenvalue weighted by Gasteiger charge is 2.11. The fourth-order valence-electron chi connectivity index (χ4n) is 1.89. The molecule has 0 spiro atoms. The van der Waals surface area contributed by atoms with Crippen LogP contribution in [-0.2, 0) is 4.79 Å². The third kappa shape index (κ3) is 4.15. The minimum absolute atomic E-state index is 0.0555. The number of benzene rings is 1. The number of thiophene rings is 1. The molecule has 4 nitrogen and oxygen atoms in total. The molecule has 0 saturated heterocycles. The molecule has 1 aromatic heterocycles. The first kappa shape index (κ1) is 15.7. The van der Waals surface area contributed by atoms with Gasteiger partial charge in [-0.3, -0.25) is 9.59 Å². The average Bonchev–Trinajstić information content (AvgIpc) is 2.87. The second kappa shape index (κ2) is 6.87. The van der Waals surface area contributed by atoms with Gasteiger partial charge in [-0.05, 0) is 47.0 Å². The molecule has 1 heterocycles. The summed E-state index contributed by atoms with van der Waals surface area (Å²) in [5, 5.41) is 7.18. The summed E-state index contributed by atoms with van der Waals surface area (Å²) in [6.07, 6.45) is 0. The zero-order valence-corrected chi connectivity index (χ0v) is 14.1. The molecular formula is C15H15BrN2O2S. The highest BCUT2D eigenvalue weighted by atomic mass is 79.9. The maximum Gasteiger partial charge on any atom is 0.252 e. The Morgan fingerprint density at radius 2 is 1.90 bits per heavy atom. The van der Waals surface area contributed by atoms with Gasteiger partial charge in [0.05, 0.1) is 15.9 Å². The van der Waals surface area contributed by atoms with Crippen molar-refractivity contribution in [3.8, 4) is 0 Å². The SMILES string of the molecule is Cc1cccc(C)c1NC(=O)CNC(=O)c1csc(Br)c1. The van der Waals surface area contributed by atoms with E-state index in [0.29, 0.717) is 5.56 Å². The van der Waals surface area contributed by atoms with E-state index in [1.54, 1.807) is 11.4 Å². The molecule has 0 fully saturated rings. The van der Waals surface area contributed by atoms with E-state index in [1.807, 2.05) is 32.0 Å². The molecule has 0 aliphatic heterocycles. The van der Waals surface area contributed by atoms with Crippen molar-refractivity contribution in [3.63, 3.8) is 0 Å². The highest BCUT2D eigenvalue weighted by Crippen LogP contribution is 2.21. The third-order valence-electron chi connectivity index (χ3n) is 2.98. The Kier molecular flexibility index (Phi) is 5.14. The van der Waals surface area contributed by atoms with Crippen LogP contribution in [0, 0.1) is 13.8 Å². The summed E-state index contributed by atoms with van der Waals surface area (Å²) in [7, 11) is 0. The topological polar surface area (TPSA) is 58.2 Å². The Morgan fingerprint density at radius 3 is 2.48 bits per heavy atom. The number of nitrogens with one attached hydrogen (secondary N) is 2. The van der Waals surface area contributed by atoms with Crippen LogP contribution in [0.5, 0.6) is 0 Å². The van der Waals surface area contributed by atoms with Crippen LogP contribution in [0.2, 0.25) is 0 Å². The second-order valence-electron chi connectivity index (χ2n) is 4.64. The largest absolute Gasteiger partial charge is 0.343 e. The van der Waals surface area contributed by atoms with Crippen molar-refractivity contribution >= 4 is 44.8 Å². The van der Waals surface area contributed by atoms with Crippen LogP contribution in [-0.4, -0.2) is 18.4 Å². The number of hydrogen-bond donors (Lipinski definition) is 2. The molecule has 2 rings (SSSR count). The average molecular weight is 367 g/mol. The summed E-state index contributed by atoms with van der Waals surface area (Å²) in [5.41, 5.74) is 3.34. The molecule has 0 aliphatic rings. The van der Waals surface area contributed by atoms with Crippen LogP contribution in [0.4, 0.5) is 5.69 Å². The molecule has 0 atom stereocenters. The summed E-state index contributed by atoms with van der Waals surface area (Å²) in [5.74, 6) is -0.497. The van der Waals surface area contributed by atoms with Crippen molar-refractivity contribution in [1.82, 2.24) is 5.32 Å². The lowest BCUT2D eigenvalue weighted by Gasteiger charge is -2.11. The predicted molar refractivity (Wildman–Crippen MR) is 88.9 cm³/mol. The van der Waals surface area contributed by atoms with E-state index in [9.17, 15) is 9.59 Å². The molecule has 2 N–H and O–H groups in total. The van der Waals surface area contributed by atoms with Gasteiger partial charge in [-0.25, -0.2) is 0 Å². The van der Waals surface area contributed by atoms with Gasteiger partial charge in [0.25, 0.3) is 5.91 Å². The lowest BCUT2D eigenvalue weighted by Crippen LogP contribution is -2.32. The molecule has 21 heavy (non-hydrogen) atoms. The van der Waals surface area contributed by atoms with E-state index in [0.717, 1.165) is 20.6 Å². The van der Waals surface area contributed by atoms with Crippen molar-refractivity contribution in [1.29, 1.82) is 0 Å². The number of hydrogen-bond acceptors (Lipinski definition) is 3. The molecule has 2 amide bonds. The van der Waals surface area contributed by atoms with E-state index >= 15 is 0 Å². The minimum atomic E-state index is -0.256. The summed E-state index contributed by atoms with van der Waals surface area (Å²) < 4.78 is 0.882. The van der Waals surface area contributed by atoms with Crippen molar-refractivity contribution in [3.05, 3.63) is 50.1 Å². The molecule has 1 aromatic carbocycles. The zero-order valence-electron chi connectivity index (χ0n) is 11.7. The monoisotopic (exact) mass is 366 g/mol. The number of anilines is 1. The van der Waals surface area contributed by atoms with E-state index in [1.165, 1.54) is 11.3 Å². The van der Waals surface area contributed by atoms with Gasteiger partial charge < -0.3 is 10.6 Å². The van der Waals surface area contributed by atoms with Gasteiger partial charge in [-0.15, -0.1) is 11.3 Å². The highest BCUT2D eigenvalue weighted by molar-refractivity contribution is 9.11. The lowest BCUT2D eigenvalue weighted by molar-refractivity contribution is -0.115. The maximum absolute atomic E-state index is 11.9. The first-order chi connectivity index (χ1) is 9.97. The quantitative estimate of drug-likeness (QED) is 0.869. The van der Waals surface area contributed by atoms with E-state index < -0.39 is 0 Å². The lowest BCUT2D eigenvalue weighted by atomic mass is 10.1. The summed E-state index contributed by atoms with van der Waals surface area (Å²) >= 11 is 4.73. The Bertz CT molecular complexity index is 662. The molecule has 0 unspecified atom stereocenters. The van der Waals surface area contributed by atoms with Crippen LogP contribution in [0.15, 0.2) is 33.4 Å². The van der Waals surface area contributed by atoms with Gasteiger partial charge in [-0.2, -0.15) is 0 Å². The predicted octanol–water partition coefficient (Wildman–Crippen LogP) is 3.50. The number of amides is 2. The van der Waals surface area contributed by atoms with Crippen LogP contribution < -0.4 is 10.6 Å². The first-order valence-electron chi connectivity index (χ1n) is 6.35. The van der Waals surface area contributed by atoms with Gasteiger partial charge in [0, 0.05) is 11.1 Å². The standard InChI is InChI=1S/C15H15BrN2O2S/c1-9-4-3-5-10(2)14(9)18-13(19)7-17-15(20)11-6-12(16)21-8-11/h3-6,8H,7H2,1-2H3,(H,17,20)(H,18,19). The maximum atomic E-state index is 11.9. The van der Waals surface area contributed by atoms with Gasteiger partial charge in [-0.1, -0.05) is 18.2 Å². The Morgan fingerprint density at radius 1 is 1.24 bits per heavy atom. The van der Waals surface area contributed by atoms with E-state index in [-0.39, 0.29) is 18.4 Å². The molecular weight excluding hydrogens is 352 g/mol. The number of carbonyl (C=O) groups is 2. The number of para-hydroxylation sites is 1. The molecule has 0 aliphatic carbocycles. The fraction of sp³-hybridized carbons (Fsp3) is 0.200. The summed E-state index contributed by atoms with van der Waals surface area (Å²) in [6.45, 7) is 3.81. The smallest absolute Gasteiger partial charge is 0.252 e. The second-order valence-corrected chi connectivity index (χ2v) is 6.93. The van der Waals surface area contributed by atoms with Crippen molar-refractivity contribution < 1.29 is 9.59 Å². The van der Waals surface area contributed by atoms with E-state index in [4.69, 9.17) is 0 Å². The van der Waals surface area contributed by atoms with Gasteiger partial charge >= 0.3 is 0 Å². The van der Waals surface area contributed by atoms with Crippen LogP contribution in [0.25, 0.3) is 0 Å². The number of carbonyl (C=O) groups excluding carboxylic acids is 2. The van der Waals surface area contributed by atoms with Crippen LogP contribution in [0.3, 0.4) is 0 Å². The molecule has 0 saturated carbocycles. The number of rotatable bonds is 4. The summed E-state index contributed by atoms with van der Waals surface area (Å²) in [6, 6.07) is 7.54. The Balaban J connectivity index is 1.92. The molecule has 6 heteroatoms. The van der Waals surface area contributed by atoms with Gasteiger partial charge in [0.15, 0.2) is 0 Å². The molecule has 0 radical (unpaired) electrons. The Labute approximate surface area is 135 Å². The van der Waals surface area contributed by atoms with Gasteiger partial charge in [0.2, 0.25) is 5.91 Å². The Hall–Kier alpha value is -1.66. The molecule has 110 valence electrons. The normalized spacial score (nSPS) is 10.2. The van der Waals surface area contributed by atoms with Crippen molar-refractivity contribution in [2.45, 2.75) is 13.8 Å². The molecule has 0 bridgehead atoms. The first-order valence-corrected chi connectivity index (χ1v) is 8.03. The fourth-order valence-corrected chi connectivity index (χ4v) is 3.02. The number of aryl methyl sites for hydroxylation is 2.